The van der Waals surface area contributed by atoms with Gasteiger partial charge in [-0.2, -0.15) is 5.10 Å². The molecule has 2 N–H and O–H groups in total. The molecule has 0 fully saturated rings. The molecule has 26 heavy (non-hydrogen) atoms. The van der Waals surface area contributed by atoms with Gasteiger partial charge in [0.05, 0.1) is 21.4 Å². The molecule has 0 radical (unpaired) electrons. The van der Waals surface area contributed by atoms with Crippen molar-refractivity contribution in [2.45, 2.75) is 13.5 Å². The van der Waals surface area contributed by atoms with Gasteiger partial charge in [0.1, 0.15) is 5.69 Å². The molecule has 4 aromatic rings. The first-order chi connectivity index (χ1) is 12.5. The van der Waals surface area contributed by atoms with Crippen molar-refractivity contribution in [2.24, 2.45) is 14.1 Å². The largest absolute Gasteiger partial charge is 0.347 e. The van der Waals surface area contributed by atoms with E-state index in [4.69, 9.17) is 5.41 Å². The number of carbonyl (C=O) groups excluding carboxylic acids is 1. The summed E-state index contributed by atoms with van der Waals surface area (Å²) in [4.78, 5) is 17.3. The second kappa shape index (κ2) is 6.06. The number of aryl methyl sites for hydroxylation is 3. The number of fused-ring (bicyclic) bond motifs is 2. The smallest absolute Gasteiger partial charge is 0.268 e. The molecule has 0 aliphatic heterocycles. The highest BCUT2D eigenvalue weighted by Crippen LogP contribution is 2.29. The lowest BCUT2D eigenvalue weighted by molar-refractivity contribution is 0.0943. The fourth-order valence-corrected chi connectivity index (χ4v) is 4.24. The number of nitrogens with one attached hydrogen (secondary N) is 2. The molecule has 3 heterocycles. The zero-order valence-electron chi connectivity index (χ0n) is 14.7. The van der Waals surface area contributed by atoms with Crippen molar-refractivity contribution >= 4 is 44.7 Å². The normalized spacial score (nSPS) is 11.3. The van der Waals surface area contributed by atoms with Crippen LogP contribution in [0.4, 0.5) is 0 Å². The van der Waals surface area contributed by atoms with E-state index < -0.39 is 0 Å². The Bertz CT molecular complexity index is 1170. The molecule has 4 rings (SSSR count). The summed E-state index contributed by atoms with van der Waals surface area (Å²) < 4.78 is 4.45. The maximum Gasteiger partial charge on any atom is 0.268 e. The predicted molar refractivity (Wildman–Crippen MR) is 103 cm³/mol. The zero-order chi connectivity index (χ0) is 18.4. The molecule has 1 aromatic carbocycles. The maximum atomic E-state index is 12.8. The van der Waals surface area contributed by atoms with E-state index in [1.807, 2.05) is 50.1 Å². The molecule has 1 amide bonds. The molecule has 3 aromatic heterocycles. The summed E-state index contributed by atoms with van der Waals surface area (Å²) in [6, 6.07) is 5.94. The molecule has 0 spiro atoms. The van der Waals surface area contributed by atoms with E-state index >= 15 is 0 Å². The number of aromatic nitrogens is 4. The van der Waals surface area contributed by atoms with E-state index in [1.54, 1.807) is 4.57 Å². The van der Waals surface area contributed by atoms with Gasteiger partial charge in [0.25, 0.3) is 5.91 Å². The van der Waals surface area contributed by atoms with Crippen molar-refractivity contribution in [3.05, 3.63) is 46.2 Å². The first-order valence-corrected chi connectivity index (χ1v) is 8.97. The minimum absolute atomic E-state index is 0.213. The van der Waals surface area contributed by atoms with E-state index in [2.05, 4.69) is 15.4 Å². The number of hydrogen-bond acceptors (Lipinski definition) is 5. The minimum Gasteiger partial charge on any atom is -0.347 e. The molecule has 8 heteroatoms. The standard InChI is InChI=1S/C18H18N6OS/c1-10-22-17-16(26-10)12(7-19)15(23(17)2)18(25)20-8-11-5-4-6-14-13(11)9-21-24(14)3/h4-7,9,19H,8H2,1-3H3,(H,20,25). The maximum absolute atomic E-state index is 12.8. The second-order valence-corrected chi connectivity index (χ2v) is 7.36. The number of hydrogen-bond donors (Lipinski definition) is 2. The van der Waals surface area contributed by atoms with Gasteiger partial charge >= 0.3 is 0 Å². The molecule has 0 bridgehead atoms. The van der Waals surface area contributed by atoms with E-state index in [-0.39, 0.29) is 5.91 Å². The number of carbonyl (C=O) groups is 1. The molecule has 0 unspecified atom stereocenters. The van der Waals surface area contributed by atoms with Crippen LogP contribution in [0.2, 0.25) is 0 Å². The van der Waals surface area contributed by atoms with Gasteiger partial charge in [-0.15, -0.1) is 11.3 Å². The van der Waals surface area contributed by atoms with Crippen LogP contribution in [-0.4, -0.2) is 31.5 Å². The van der Waals surface area contributed by atoms with Crippen LogP contribution in [0.5, 0.6) is 0 Å². The second-order valence-electron chi connectivity index (χ2n) is 6.15. The quantitative estimate of drug-likeness (QED) is 0.544. The molecule has 132 valence electrons. The Hall–Kier alpha value is -3.00. The van der Waals surface area contributed by atoms with Crippen molar-refractivity contribution in [2.75, 3.05) is 0 Å². The van der Waals surface area contributed by atoms with Crippen LogP contribution in [-0.2, 0) is 20.6 Å². The third-order valence-electron chi connectivity index (χ3n) is 4.55. The summed E-state index contributed by atoms with van der Waals surface area (Å²) in [6.45, 7) is 2.32. The molecular formula is C18H18N6OS. The summed E-state index contributed by atoms with van der Waals surface area (Å²) in [6.07, 6.45) is 3.04. The fraction of sp³-hybridized carbons (Fsp3) is 0.222. The van der Waals surface area contributed by atoms with Gasteiger partial charge in [-0.25, -0.2) is 4.98 Å². The van der Waals surface area contributed by atoms with Gasteiger partial charge < -0.3 is 15.3 Å². The lowest BCUT2D eigenvalue weighted by atomic mass is 10.1. The number of rotatable bonds is 4. The van der Waals surface area contributed by atoms with E-state index in [9.17, 15) is 4.79 Å². The average molecular weight is 366 g/mol. The first kappa shape index (κ1) is 16.5. The Morgan fingerprint density at radius 3 is 2.96 bits per heavy atom. The molecule has 7 nitrogen and oxygen atoms in total. The van der Waals surface area contributed by atoms with Crippen LogP contribution in [0.1, 0.15) is 26.6 Å². The number of amides is 1. The lowest BCUT2D eigenvalue weighted by Crippen LogP contribution is -2.26. The van der Waals surface area contributed by atoms with E-state index in [0.717, 1.165) is 31.8 Å². The van der Waals surface area contributed by atoms with Crippen LogP contribution in [0.3, 0.4) is 0 Å². The Morgan fingerprint density at radius 1 is 1.38 bits per heavy atom. The topological polar surface area (TPSA) is 88.6 Å². The van der Waals surface area contributed by atoms with Crippen molar-refractivity contribution in [3.8, 4) is 0 Å². The van der Waals surface area contributed by atoms with Gasteiger partial charge in [0.2, 0.25) is 0 Å². The van der Waals surface area contributed by atoms with E-state index in [1.165, 1.54) is 17.6 Å². The summed E-state index contributed by atoms with van der Waals surface area (Å²) in [7, 11) is 3.71. The van der Waals surface area contributed by atoms with Gasteiger partial charge in [0.15, 0.2) is 5.65 Å². The highest BCUT2D eigenvalue weighted by molar-refractivity contribution is 7.18. The lowest BCUT2D eigenvalue weighted by Gasteiger charge is -2.09. The van der Waals surface area contributed by atoms with Crippen molar-refractivity contribution < 1.29 is 4.79 Å². The number of nitrogens with zero attached hydrogens (tertiary/aromatic N) is 4. The number of thiazole rings is 1. The Kier molecular flexibility index (Phi) is 3.84. The minimum atomic E-state index is -0.213. The predicted octanol–water partition coefficient (Wildman–Crippen LogP) is 2.76. The molecular weight excluding hydrogens is 348 g/mol. The summed E-state index contributed by atoms with van der Waals surface area (Å²) >= 11 is 1.50. The summed E-state index contributed by atoms with van der Waals surface area (Å²) in [5.41, 5.74) is 3.85. The van der Waals surface area contributed by atoms with Crippen molar-refractivity contribution in [1.29, 1.82) is 5.41 Å². The number of benzene rings is 1. The highest BCUT2D eigenvalue weighted by Gasteiger charge is 2.22. The van der Waals surface area contributed by atoms with Crippen molar-refractivity contribution in [3.63, 3.8) is 0 Å². The Morgan fingerprint density at radius 2 is 2.19 bits per heavy atom. The summed E-state index contributed by atoms with van der Waals surface area (Å²) in [5, 5.41) is 16.9. The third-order valence-corrected chi connectivity index (χ3v) is 5.54. The van der Waals surface area contributed by atoms with Crippen molar-refractivity contribution in [1.82, 2.24) is 24.6 Å². The molecule has 0 saturated heterocycles. The Labute approximate surface area is 153 Å². The van der Waals surface area contributed by atoms with Crippen LogP contribution in [0.15, 0.2) is 24.4 Å². The molecule has 0 aliphatic rings. The SMILES string of the molecule is Cc1nc2c(s1)c(C=N)c(C(=O)NCc1cccc3c1cnn3C)n2C. The van der Waals surface area contributed by atoms with Gasteiger partial charge in [0, 0.05) is 37.8 Å². The molecule has 0 saturated carbocycles. The molecule has 0 aliphatic carbocycles. The third kappa shape index (κ3) is 2.41. The zero-order valence-corrected chi connectivity index (χ0v) is 15.5. The van der Waals surface area contributed by atoms with Crippen LogP contribution in [0, 0.1) is 12.3 Å². The van der Waals surface area contributed by atoms with Gasteiger partial charge in [-0.3, -0.25) is 9.48 Å². The van der Waals surface area contributed by atoms with Crippen LogP contribution >= 0.6 is 11.3 Å². The van der Waals surface area contributed by atoms with Gasteiger partial charge in [-0.05, 0) is 18.6 Å². The van der Waals surface area contributed by atoms with Gasteiger partial charge in [-0.1, -0.05) is 12.1 Å². The Balaban J connectivity index is 1.66. The highest BCUT2D eigenvalue weighted by atomic mass is 32.1. The monoisotopic (exact) mass is 366 g/mol. The van der Waals surface area contributed by atoms with Crippen LogP contribution < -0.4 is 5.32 Å². The van der Waals surface area contributed by atoms with E-state index in [0.29, 0.717) is 17.8 Å². The average Bonchev–Trinajstić information content (AvgIpc) is 3.26. The van der Waals surface area contributed by atoms with Crippen LogP contribution in [0.25, 0.3) is 21.3 Å². The molecule has 0 atom stereocenters. The summed E-state index contributed by atoms with van der Waals surface area (Å²) in [5.74, 6) is -0.213. The fourth-order valence-electron chi connectivity index (χ4n) is 3.27. The first-order valence-electron chi connectivity index (χ1n) is 8.15.